The molecule has 0 aromatic heterocycles. The highest BCUT2D eigenvalue weighted by Gasteiger charge is 2.47. The summed E-state index contributed by atoms with van der Waals surface area (Å²) in [4.78, 5) is 2.45. The van der Waals surface area contributed by atoms with Gasteiger partial charge < -0.3 is 4.90 Å². The Morgan fingerprint density at radius 3 is 1.27 bits per heavy atom. The number of nitrogens with zero attached hydrogens (tertiary/aromatic N) is 1. The van der Waals surface area contributed by atoms with Gasteiger partial charge in [0.2, 0.25) is 0 Å². The normalized spacial score (nSPS) is 14.1. The molecular weight excluding hydrogens is 675 g/mol. The molecule has 9 aromatic carbocycles. The van der Waals surface area contributed by atoms with E-state index in [1.54, 1.807) is 0 Å². The van der Waals surface area contributed by atoms with Crippen molar-refractivity contribution in [3.63, 3.8) is 0 Å². The monoisotopic (exact) mass is 713 g/mol. The Hall–Kier alpha value is -7.22. The van der Waals surface area contributed by atoms with Crippen LogP contribution in [0.2, 0.25) is 0 Å². The van der Waals surface area contributed by atoms with E-state index in [9.17, 15) is 0 Å². The molecule has 0 radical (unpaired) electrons. The number of hydrogen-bond acceptors (Lipinski definition) is 1. The Balaban J connectivity index is 1.22. The van der Waals surface area contributed by atoms with Gasteiger partial charge in [0.1, 0.15) is 0 Å². The summed E-state index contributed by atoms with van der Waals surface area (Å²) in [5.41, 5.74) is 17.6. The van der Waals surface area contributed by atoms with E-state index in [1.807, 2.05) is 0 Å². The van der Waals surface area contributed by atoms with Gasteiger partial charge in [-0.2, -0.15) is 0 Å². The van der Waals surface area contributed by atoms with Gasteiger partial charge in [-0.3, -0.25) is 0 Å². The Labute approximate surface area is 329 Å². The number of fused-ring (bicyclic) bond motifs is 3. The average molecular weight is 714 g/mol. The fraction of sp³-hybridized carbons (Fsp3) is 0.0182. The molecule has 56 heavy (non-hydrogen) atoms. The second-order valence-corrected chi connectivity index (χ2v) is 14.5. The zero-order chi connectivity index (χ0) is 37.3. The molecule has 0 aliphatic heterocycles. The van der Waals surface area contributed by atoms with Crippen molar-refractivity contribution in [2.75, 3.05) is 4.90 Å². The Morgan fingerprint density at radius 1 is 0.286 bits per heavy atom. The first-order chi connectivity index (χ1) is 27.8. The van der Waals surface area contributed by atoms with Gasteiger partial charge in [-0.1, -0.05) is 200 Å². The minimum Gasteiger partial charge on any atom is -0.310 e. The molecule has 1 aliphatic carbocycles. The van der Waals surface area contributed by atoms with Gasteiger partial charge in [-0.25, -0.2) is 0 Å². The van der Waals surface area contributed by atoms with E-state index in [1.165, 1.54) is 66.8 Å². The molecule has 0 fully saturated rings. The Bertz CT molecular complexity index is 2670. The van der Waals surface area contributed by atoms with Crippen LogP contribution >= 0.6 is 0 Å². The molecule has 10 rings (SSSR count). The van der Waals surface area contributed by atoms with Crippen molar-refractivity contribution in [1.29, 1.82) is 0 Å². The smallest absolute Gasteiger partial charge is 0.0714 e. The fourth-order valence-electron chi connectivity index (χ4n) is 8.83. The van der Waals surface area contributed by atoms with E-state index >= 15 is 0 Å². The van der Waals surface area contributed by atoms with Crippen LogP contribution in [0.15, 0.2) is 237 Å². The summed E-state index contributed by atoms with van der Waals surface area (Å²) in [6.07, 6.45) is 0. The van der Waals surface area contributed by atoms with Crippen molar-refractivity contribution in [3.05, 3.63) is 259 Å². The quantitative estimate of drug-likeness (QED) is 0.152. The van der Waals surface area contributed by atoms with Crippen LogP contribution in [0, 0.1) is 0 Å². The first-order valence-corrected chi connectivity index (χ1v) is 19.3. The molecule has 1 heteroatoms. The summed E-state index contributed by atoms with van der Waals surface area (Å²) < 4.78 is 0. The van der Waals surface area contributed by atoms with Gasteiger partial charge in [0, 0.05) is 16.9 Å². The van der Waals surface area contributed by atoms with Gasteiger partial charge in [0.05, 0.1) is 11.1 Å². The van der Waals surface area contributed by atoms with E-state index in [-0.39, 0.29) is 0 Å². The molecule has 0 N–H and O–H groups in total. The van der Waals surface area contributed by atoms with Crippen molar-refractivity contribution in [2.45, 2.75) is 5.41 Å². The van der Waals surface area contributed by atoms with Crippen molar-refractivity contribution < 1.29 is 0 Å². The van der Waals surface area contributed by atoms with Crippen molar-refractivity contribution in [3.8, 4) is 44.5 Å². The summed E-state index contributed by atoms with van der Waals surface area (Å²) in [6.45, 7) is 0. The van der Waals surface area contributed by atoms with Crippen LogP contribution in [0.3, 0.4) is 0 Å². The van der Waals surface area contributed by atoms with Gasteiger partial charge >= 0.3 is 0 Å². The van der Waals surface area contributed by atoms with E-state index in [0.29, 0.717) is 0 Å². The lowest BCUT2D eigenvalue weighted by atomic mass is 9.67. The molecule has 1 aliphatic rings. The van der Waals surface area contributed by atoms with E-state index < -0.39 is 5.41 Å². The van der Waals surface area contributed by atoms with Crippen molar-refractivity contribution >= 4 is 17.1 Å². The SMILES string of the molecule is c1ccc(-c2ccc(N(c3ccc(-c4ccccc4)cc3)c3cccc4c3-c3ccccc3C4(c3ccccc3)c3cccc(-c4ccccc4)c3)cc2)cc1. The first kappa shape index (κ1) is 33.4. The summed E-state index contributed by atoms with van der Waals surface area (Å²) >= 11 is 0. The van der Waals surface area contributed by atoms with Crippen LogP contribution in [0.5, 0.6) is 0 Å². The second kappa shape index (κ2) is 14.2. The van der Waals surface area contributed by atoms with Crippen LogP contribution < -0.4 is 4.90 Å². The van der Waals surface area contributed by atoms with Crippen molar-refractivity contribution in [1.82, 2.24) is 0 Å². The minimum atomic E-state index is -0.548. The molecule has 0 heterocycles. The van der Waals surface area contributed by atoms with E-state index in [0.717, 1.165) is 17.1 Å². The van der Waals surface area contributed by atoms with Crippen molar-refractivity contribution in [2.24, 2.45) is 0 Å². The summed E-state index contributed by atoms with van der Waals surface area (Å²) in [7, 11) is 0. The molecule has 0 saturated heterocycles. The molecule has 1 unspecified atom stereocenters. The molecular formula is C55H39N. The molecule has 0 saturated carbocycles. The molecule has 1 atom stereocenters. The second-order valence-electron chi connectivity index (χ2n) is 14.5. The highest BCUT2D eigenvalue weighted by molar-refractivity contribution is 5.97. The van der Waals surface area contributed by atoms with Crippen LogP contribution in [0.4, 0.5) is 17.1 Å². The zero-order valence-corrected chi connectivity index (χ0v) is 31.0. The van der Waals surface area contributed by atoms with Gasteiger partial charge in [-0.05, 0) is 97.6 Å². The number of rotatable bonds is 8. The lowest BCUT2D eigenvalue weighted by Gasteiger charge is -2.35. The molecule has 1 nitrogen and oxygen atoms in total. The predicted octanol–water partition coefficient (Wildman–Crippen LogP) is 14.5. The third-order valence-corrected chi connectivity index (χ3v) is 11.4. The van der Waals surface area contributed by atoms with E-state index in [2.05, 4.69) is 241 Å². The highest BCUT2D eigenvalue weighted by atomic mass is 15.1. The Kier molecular flexibility index (Phi) is 8.46. The predicted molar refractivity (Wildman–Crippen MR) is 235 cm³/mol. The van der Waals surface area contributed by atoms with Gasteiger partial charge in [0.25, 0.3) is 0 Å². The molecule has 0 bridgehead atoms. The average Bonchev–Trinajstić information content (AvgIpc) is 3.60. The standard InChI is InChI=1S/C55H39N/c1-5-17-40(18-6-1)43-31-35-48(36-32-43)56(49-37-33-44(34-38-49)41-19-7-2-8-20-41)53-30-16-29-52-54(53)50-27-13-14-28-51(50)55(52,46-24-11-4-12-25-46)47-26-15-23-45(39-47)42-21-9-3-10-22-42/h1-39H. The number of hydrogen-bond donors (Lipinski definition) is 0. The number of anilines is 3. The van der Waals surface area contributed by atoms with Gasteiger partial charge in [0.15, 0.2) is 0 Å². The lowest BCUT2D eigenvalue weighted by Crippen LogP contribution is -2.28. The summed E-state index contributed by atoms with van der Waals surface area (Å²) in [5.74, 6) is 0. The summed E-state index contributed by atoms with van der Waals surface area (Å²) in [5, 5.41) is 0. The molecule has 264 valence electrons. The topological polar surface area (TPSA) is 3.24 Å². The van der Waals surface area contributed by atoms with Crippen LogP contribution in [-0.4, -0.2) is 0 Å². The maximum Gasteiger partial charge on any atom is 0.0714 e. The van der Waals surface area contributed by atoms with Crippen LogP contribution in [0.1, 0.15) is 22.3 Å². The van der Waals surface area contributed by atoms with E-state index in [4.69, 9.17) is 0 Å². The molecule has 0 spiro atoms. The zero-order valence-electron chi connectivity index (χ0n) is 31.0. The maximum atomic E-state index is 2.45. The fourth-order valence-corrected chi connectivity index (χ4v) is 8.83. The number of benzene rings is 9. The third-order valence-electron chi connectivity index (χ3n) is 11.4. The van der Waals surface area contributed by atoms with Gasteiger partial charge in [-0.15, -0.1) is 0 Å². The van der Waals surface area contributed by atoms with Crippen LogP contribution in [-0.2, 0) is 5.41 Å². The third kappa shape index (κ3) is 5.65. The molecule has 0 amide bonds. The first-order valence-electron chi connectivity index (χ1n) is 19.3. The maximum absolute atomic E-state index is 2.45. The lowest BCUT2D eigenvalue weighted by molar-refractivity contribution is 0.769. The molecule has 9 aromatic rings. The Morgan fingerprint density at radius 2 is 0.696 bits per heavy atom. The summed E-state index contributed by atoms with van der Waals surface area (Å²) in [6, 6.07) is 86.2. The largest absolute Gasteiger partial charge is 0.310 e. The highest BCUT2D eigenvalue weighted by Crippen LogP contribution is 2.59. The van der Waals surface area contributed by atoms with Crippen LogP contribution in [0.25, 0.3) is 44.5 Å². The minimum absolute atomic E-state index is 0.548.